The number of likely N-dealkylation sites (tertiary alicyclic amines) is 1. The van der Waals surface area contributed by atoms with Gasteiger partial charge in [0.2, 0.25) is 5.88 Å². The molecule has 15 heteroatoms. The second kappa shape index (κ2) is 14.6. The number of hydrogen-bond acceptors (Lipinski definition) is 12. The van der Waals surface area contributed by atoms with Gasteiger partial charge in [0, 0.05) is 35.0 Å². The number of pyridine rings is 1. The summed E-state index contributed by atoms with van der Waals surface area (Å²) in [6, 6.07) is 2.67. The highest BCUT2D eigenvalue weighted by molar-refractivity contribution is 6.35. The maximum absolute atomic E-state index is 17.3. The molecule has 1 saturated carbocycles. The predicted octanol–water partition coefficient (Wildman–Crippen LogP) is 5.60. The van der Waals surface area contributed by atoms with Crippen LogP contribution in [0.15, 0.2) is 12.3 Å². The van der Waals surface area contributed by atoms with E-state index >= 15 is 4.39 Å². The third kappa shape index (κ3) is 6.76. The van der Waals surface area contributed by atoms with Crippen molar-refractivity contribution < 1.29 is 33.6 Å². The molecule has 1 aromatic carbocycles. The molecule has 0 amide bonds. The first kappa shape index (κ1) is 37.5. The van der Waals surface area contributed by atoms with Crippen LogP contribution in [0, 0.1) is 18.2 Å². The summed E-state index contributed by atoms with van der Waals surface area (Å²) < 4.78 is 41.8. The first-order chi connectivity index (χ1) is 25.9. The van der Waals surface area contributed by atoms with Gasteiger partial charge in [-0.3, -0.25) is 10.00 Å². The van der Waals surface area contributed by atoms with E-state index in [2.05, 4.69) is 28.9 Å². The van der Waals surface area contributed by atoms with Crippen LogP contribution in [0.2, 0.25) is 5.02 Å². The Morgan fingerprint density at radius 2 is 1.93 bits per heavy atom. The van der Waals surface area contributed by atoms with Crippen molar-refractivity contribution in [3.63, 3.8) is 0 Å². The van der Waals surface area contributed by atoms with E-state index in [-0.39, 0.29) is 78.2 Å². The van der Waals surface area contributed by atoms with E-state index in [0.717, 1.165) is 57.1 Å². The Labute approximate surface area is 319 Å². The van der Waals surface area contributed by atoms with Crippen LogP contribution in [0.4, 0.5) is 10.2 Å². The molecule has 3 aromatic heterocycles. The highest BCUT2D eigenvalue weighted by Crippen LogP contribution is 2.50. The summed E-state index contributed by atoms with van der Waals surface area (Å²) in [5, 5.41) is 29.8. The molecule has 13 nitrogen and oxygen atoms in total. The van der Waals surface area contributed by atoms with Gasteiger partial charge in [0.05, 0.1) is 68.5 Å². The van der Waals surface area contributed by atoms with Gasteiger partial charge in [-0.1, -0.05) is 18.0 Å². The van der Waals surface area contributed by atoms with Crippen molar-refractivity contribution in [2.75, 3.05) is 51.5 Å². The second-order valence-corrected chi connectivity index (χ2v) is 16.7. The lowest BCUT2D eigenvalue weighted by Crippen LogP contribution is -2.57. The molecule has 0 spiro atoms. The lowest BCUT2D eigenvalue weighted by atomic mass is 9.74. The summed E-state index contributed by atoms with van der Waals surface area (Å²) in [5.74, 6) is -0.400. The number of rotatable bonds is 8. The lowest BCUT2D eigenvalue weighted by molar-refractivity contribution is -0.0967. The number of ether oxygens (including phenoxy) is 4. The molecule has 8 rings (SSSR count). The molecule has 3 saturated heterocycles. The van der Waals surface area contributed by atoms with Crippen LogP contribution in [-0.2, 0) is 9.47 Å². The standard InChI is InChI=1S/C39H51ClFN7O6/c1-21-12-27-26(15-42-46-27)29(31(21)40)33-32(41)34-30(36(43-33)51-5)35(47-16-25(17-49)52-19-38(4,50)18-47)45-37(44-34)53-20-39-9-6-8-28(39)48(11-7-10-39)24-13-22(2)54-23(3)14-24/h12,15,22-25,28,49-50H,6-11,13-14,16-20H2,1-5H3,(H,42,46)/t22-,23+,24?,25-,28-,38+,39-/m1/s1. The van der Waals surface area contributed by atoms with Gasteiger partial charge in [0.1, 0.15) is 28.0 Å². The van der Waals surface area contributed by atoms with Crippen LogP contribution in [0.3, 0.4) is 0 Å². The minimum absolute atomic E-state index is 0.00731. The van der Waals surface area contributed by atoms with Crippen molar-refractivity contribution in [2.24, 2.45) is 5.41 Å². The van der Waals surface area contributed by atoms with E-state index in [4.69, 9.17) is 45.5 Å². The smallest absolute Gasteiger partial charge is 0.319 e. The summed E-state index contributed by atoms with van der Waals surface area (Å²) in [6.07, 6.45) is 8.74. The number of benzene rings is 1. The molecular formula is C39H51ClFN7O6. The number of aliphatic hydroxyl groups excluding tert-OH is 1. The van der Waals surface area contributed by atoms with Crippen molar-refractivity contribution in [3.05, 3.63) is 28.7 Å². The van der Waals surface area contributed by atoms with Crippen LogP contribution < -0.4 is 14.4 Å². The molecule has 3 aliphatic heterocycles. The van der Waals surface area contributed by atoms with Gasteiger partial charge in [0.25, 0.3) is 0 Å². The Morgan fingerprint density at radius 3 is 2.69 bits per heavy atom. The number of fused-ring (bicyclic) bond motifs is 3. The van der Waals surface area contributed by atoms with Gasteiger partial charge >= 0.3 is 6.01 Å². The molecule has 0 radical (unpaired) electrons. The van der Waals surface area contributed by atoms with Gasteiger partial charge in [-0.05, 0) is 84.4 Å². The number of nitrogens with one attached hydrogen (secondary N) is 1. The first-order valence-electron chi connectivity index (χ1n) is 19.2. The van der Waals surface area contributed by atoms with Crippen molar-refractivity contribution in [3.8, 4) is 23.1 Å². The van der Waals surface area contributed by atoms with Crippen LogP contribution in [-0.4, -0.2) is 123 Å². The maximum Gasteiger partial charge on any atom is 0.319 e. The Bertz CT molecular complexity index is 2020. The monoisotopic (exact) mass is 767 g/mol. The molecule has 1 unspecified atom stereocenters. The van der Waals surface area contributed by atoms with Gasteiger partial charge in [-0.2, -0.15) is 15.1 Å². The summed E-state index contributed by atoms with van der Waals surface area (Å²) >= 11 is 6.89. The predicted molar refractivity (Wildman–Crippen MR) is 203 cm³/mol. The highest BCUT2D eigenvalue weighted by atomic mass is 35.5. The van der Waals surface area contributed by atoms with Gasteiger partial charge < -0.3 is 34.1 Å². The van der Waals surface area contributed by atoms with Crippen LogP contribution in [0.25, 0.3) is 33.1 Å². The first-order valence-corrected chi connectivity index (χ1v) is 19.6. The number of H-pyrrole nitrogens is 1. The van der Waals surface area contributed by atoms with Gasteiger partial charge in [0.15, 0.2) is 5.82 Å². The zero-order chi connectivity index (χ0) is 37.9. The van der Waals surface area contributed by atoms with Crippen molar-refractivity contribution >= 4 is 39.2 Å². The Morgan fingerprint density at radius 1 is 1.15 bits per heavy atom. The average Bonchev–Trinajstić information content (AvgIpc) is 3.76. The molecule has 6 heterocycles. The third-order valence-corrected chi connectivity index (χ3v) is 12.6. The number of aliphatic hydroxyl groups is 2. The molecule has 4 aliphatic rings. The maximum atomic E-state index is 17.3. The number of anilines is 1. The fraction of sp³-hybridized carbons (Fsp3) is 0.641. The minimum Gasteiger partial charge on any atom is -0.480 e. The number of halogens is 2. The summed E-state index contributed by atoms with van der Waals surface area (Å²) in [5.41, 5.74) is 0.223. The van der Waals surface area contributed by atoms with Crippen LogP contribution in [0.5, 0.6) is 11.9 Å². The minimum atomic E-state index is -1.32. The van der Waals surface area contributed by atoms with Crippen LogP contribution >= 0.6 is 11.6 Å². The van der Waals surface area contributed by atoms with E-state index in [9.17, 15) is 10.2 Å². The van der Waals surface area contributed by atoms with E-state index in [1.165, 1.54) is 7.11 Å². The number of methoxy groups -OCH3 is 1. The number of aryl methyl sites for hydroxylation is 1. The SMILES string of the molecule is COc1nc(-c2c(Cl)c(C)cc3[nH]ncc23)c(F)c2nc(OC[C@]34CCC[C@H]3N(C3C[C@@H](C)O[C@@H](C)C3)CCC4)nc(N3C[C@H](CO)OC[C@@](C)(O)C3)c12. The Balaban J connectivity index is 1.24. The number of β-amino-alcohol motifs (C(OH)–C–C–N with tert-alkyl or cyclic N) is 1. The topological polar surface area (TPSA) is 151 Å². The van der Waals surface area contributed by atoms with E-state index in [1.807, 2.05) is 13.0 Å². The molecule has 4 fully saturated rings. The molecule has 292 valence electrons. The molecule has 7 atom stereocenters. The Kier molecular flexibility index (Phi) is 10.1. The number of aromatic nitrogens is 5. The largest absolute Gasteiger partial charge is 0.480 e. The zero-order valence-corrected chi connectivity index (χ0v) is 32.5. The molecule has 4 aromatic rings. The highest BCUT2D eigenvalue weighted by Gasteiger charge is 2.51. The van der Waals surface area contributed by atoms with Crippen molar-refractivity contribution in [2.45, 2.75) is 109 Å². The number of nitrogens with zero attached hydrogens (tertiary/aromatic N) is 6. The van der Waals surface area contributed by atoms with E-state index in [0.29, 0.717) is 40.2 Å². The normalized spacial score (nSPS) is 30.8. The molecule has 1 aliphatic carbocycles. The fourth-order valence-electron chi connectivity index (χ4n) is 9.76. The number of piperidine rings is 1. The van der Waals surface area contributed by atoms with Gasteiger partial charge in [-0.15, -0.1) is 0 Å². The fourth-order valence-corrected chi connectivity index (χ4v) is 10.0. The molecular weight excluding hydrogens is 717 g/mol. The zero-order valence-electron chi connectivity index (χ0n) is 31.7. The quantitative estimate of drug-likeness (QED) is 0.205. The summed E-state index contributed by atoms with van der Waals surface area (Å²) in [7, 11) is 1.45. The Hall–Kier alpha value is -3.40. The van der Waals surface area contributed by atoms with Crippen molar-refractivity contribution in [1.82, 2.24) is 30.0 Å². The second-order valence-electron chi connectivity index (χ2n) is 16.3. The molecule has 54 heavy (non-hydrogen) atoms. The number of aromatic amines is 1. The van der Waals surface area contributed by atoms with E-state index in [1.54, 1.807) is 18.0 Å². The van der Waals surface area contributed by atoms with Crippen LogP contribution in [0.1, 0.15) is 71.3 Å². The molecule has 0 bridgehead atoms. The summed E-state index contributed by atoms with van der Waals surface area (Å²) in [4.78, 5) is 18.9. The van der Waals surface area contributed by atoms with Crippen molar-refractivity contribution in [1.29, 1.82) is 0 Å². The summed E-state index contributed by atoms with van der Waals surface area (Å²) in [6.45, 7) is 9.21. The van der Waals surface area contributed by atoms with Gasteiger partial charge in [-0.25, -0.2) is 9.37 Å². The molecule has 3 N–H and O–H groups in total. The average molecular weight is 768 g/mol. The lowest BCUT2D eigenvalue weighted by Gasteiger charge is -2.51. The number of hydrogen-bond donors (Lipinski definition) is 3. The van der Waals surface area contributed by atoms with E-state index < -0.39 is 17.5 Å². The third-order valence-electron chi connectivity index (χ3n) is 12.1.